The van der Waals surface area contributed by atoms with Crippen molar-refractivity contribution in [2.45, 2.75) is 90.6 Å². The molecule has 0 N–H and O–H groups in total. The van der Waals surface area contributed by atoms with E-state index in [1.807, 2.05) is 10.8 Å². The zero-order valence-corrected chi connectivity index (χ0v) is 25.2. The molecule has 0 saturated carbocycles. The highest BCUT2D eigenvalue weighted by Crippen LogP contribution is 2.34. The molecule has 224 valence electrons. The Bertz CT molecular complexity index is 1390. The first-order valence-corrected chi connectivity index (χ1v) is 14.6. The Morgan fingerprint density at radius 1 is 1.15 bits per heavy atom. The van der Waals surface area contributed by atoms with Gasteiger partial charge in [0.2, 0.25) is 0 Å². The average Bonchev–Trinajstić information content (AvgIpc) is 3.52. The molecule has 1 atom stereocenters. The number of thiazole rings is 1. The molecule has 2 aliphatic heterocycles. The molecule has 0 spiro atoms. The van der Waals surface area contributed by atoms with Crippen LogP contribution < -0.4 is 4.80 Å². The van der Waals surface area contributed by atoms with Crippen molar-refractivity contribution in [3.63, 3.8) is 0 Å². The molecule has 2 aliphatic rings. The summed E-state index contributed by atoms with van der Waals surface area (Å²) in [6, 6.07) is 3.19. The van der Waals surface area contributed by atoms with Crippen molar-refractivity contribution in [3.05, 3.63) is 56.8 Å². The van der Waals surface area contributed by atoms with Gasteiger partial charge in [-0.3, -0.25) is 4.79 Å². The fraction of sp³-hybridized carbons (Fsp3) is 0.567. The summed E-state index contributed by atoms with van der Waals surface area (Å²) >= 11 is 1.36. The number of rotatable bonds is 4. The predicted molar refractivity (Wildman–Crippen MR) is 152 cm³/mol. The van der Waals surface area contributed by atoms with Crippen molar-refractivity contribution in [2.75, 3.05) is 19.7 Å². The number of aromatic nitrogens is 1. The minimum Gasteiger partial charge on any atom is -0.444 e. The third-order valence-electron chi connectivity index (χ3n) is 6.86. The Labute approximate surface area is 242 Å². The van der Waals surface area contributed by atoms with Gasteiger partial charge in [0.15, 0.2) is 4.80 Å². The SMILES string of the molecule is CC(C)(C)OC(=O)N1CC=C(c2ccc(C(F)(F)F)cc2C(=O)N=c2sc(C(C)(C)C)cn2C[C@H]2CCCO2)CC1. The van der Waals surface area contributed by atoms with Gasteiger partial charge in [-0.2, -0.15) is 18.2 Å². The third-order valence-corrected chi connectivity index (χ3v) is 8.31. The van der Waals surface area contributed by atoms with Crippen LogP contribution in [0.4, 0.5) is 18.0 Å². The second-order valence-electron chi connectivity index (χ2n) is 12.5. The highest BCUT2D eigenvalue weighted by Gasteiger charge is 2.33. The maximum absolute atomic E-state index is 13.7. The van der Waals surface area contributed by atoms with Crippen molar-refractivity contribution in [1.82, 2.24) is 9.47 Å². The Kier molecular flexibility index (Phi) is 8.90. The van der Waals surface area contributed by atoms with E-state index in [1.165, 1.54) is 22.3 Å². The summed E-state index contributed by atoms with van der Waals surface area (Å²) in [7, 11) is 0. The van der Waals surface area contributed by atoms with Gasteiger partial charge >= 0.3 is 12.3 Å². The van der Waals surface area contributed by atoms with E-state index in [9.17, 15) is 22.8 Å². The van der Waals surface area contributed by atoms with Crippen LogP contribution in [0.3, 0.4) is 0 Å². The number of nitrogens with zero attached hydrogens (tertiary/aromatic N) is 3. The molecule has 1 saturated heterocycles. The molecule has 0 unspecified atom stereocenters. The smallest absolute Gasteiger partial charge is 0.416 e. The van der Waals surface area contributed by atoms with Gasteiger partial charge in [-0.1, -0.05) is 32.9 Å². The van der Waals surface area contributed by atoms with Gasteiger partial charge in [0, 0.05) is 36.3 Å². The minimum absolute atomic E-state index is 0.00379. The van der Waals surface area contributed by atoms with Gasteiger partial charge in [-0.15, -0.1) is 11.3 Å². The molecule has 0 bridgehead atoms. The maximum Gasteiger partial charge on any atom is 0.416 e. The molecule has 1 fully saturated rings. The Morgan fingerprint density at radius 2 is 1.88 bits per heavy atom. The van der Waals surface area contributed by atoms with E-state index in [0.717, 1.165) is 29.9 Å². The number of carbonyl (C=O) groups excluding carboxylic acids is 2. The van der Waals surface area contributed by atoms with Crippen molar-refractivity contribution >= 4 is 28.9 Å². The van der Waals surface area contributed by atoms with Crippen LogP contribution in [0.1, 0.15) is 87.2 Å². The highest BCUT2D eigenvalue weighted by molar-refractivity contribution is 7.09. The Balaban J connectivity index is 1.72. The predicted octanol–water partition coefficient (Wildman–Crippen LogP) is 6.81. The number of benzene rings is 1. The maximum atomic E-state index is 13.7. The molecule has 7 nitrogen and oxygen atoms in total. The van der Waals surface area contributed by atoms with E-state index in [-0.39, 0.29) is 23.6 Å². The molecule has 0 radical (unpaired) electrons. The molecule has 3 heterocycles. The van der Waals surface area contributed by atoms with Crippen LogP contribution in [0.15, 0.2) is 35.5 Å². The van der Waals surface area contributed by atoms with Gasteiger partial charge in [-0.25, -0.2) is 4.79 Å². The van der Waals surface area contributed by atoms with Crippen LogP contribution in [0.25, 0.3) is 5.57 Å². The molecule has 2 aromatic rings. The quantitative estimate of drug-likeness (QED) is 0.391. The summed E-state index contributed by atoms with van der Waals surface area (Å²) in [6.07, 6.45) is 0.842. The van der Waals surface area contributed by atoms with E-state index in [4.69, 9.17) is 9.47 Å². The normalized spacial score (nSPS) is 19.0. The summed E-state index contributed by atoms with van der Waals surface area (Å²) in [5.74, 6) is -0.745. The van der Waals surface area contributed by atoms with Crippen molar-refractivity contribution in [2.24, 2.45) is 4.99 Å². The van der Waals surface area contributed by atoms with E-state index in [1.54, 1.807) is 26.8 Å². The van der Waals surface area contributed by atoms with Crippen LogP contribution in [-0.4, -0.2) is 52.9 Å². The first-order valence-electron chi connectivity index (χ1n) is 13.8. The van der Waals surface area contributed by atoms with Gasteiger partial charge in [0.1, 0.15) is 5.60 Å². The van der Waals surface area contributed by atoms with E-state index < -0.39 is 29.3 Å². The largest absolute Gasteiger partial charge is 0.444 e. The number of hydrogen-bond donors (Lipinski definition) is 0. The zero-order chi connectivity index (χ0) is 30.2. The summed E-state index contributed by atoms with van der Waals surface area (Å²) < 4.78 is 54.2. The van der Waals surface area contributed by atoms with Gasteiger partial charge in [0.25, 0.3) is 5.91 Å². The standard InChI is InChI=1S/C30H38F3N3O4S/c1-28(2,3)24-18-36(17-21-8-7-15-39-21)26(41-24)34-25(37)23-16-20(30(31,32)33)9-10-22(23)19-11-13-35(14-12-19)27(38)40-29(4,5)6/h9-11,16,18,21H,7-8,12-15,17H2,1-6H3/t21-/m1/s1. The molecule has 0 aliphatic carbocycles. The van der Waals surface area contributed by atoms with Crippen molar-refractivity contribution in [3.8, 4) is 0 Å². The van der Waals surface area contributed by atoms with Gasteiger partial charge in [-0.05, 0) is 68.7 Å². The number of carbonyl (C=O) groups is 2. The first kappa shape index (κ1) is 31.0. The Hall–Kier alpha value is -2.92. The number of halogens is 3. The summed E-state index contributed by atoms with van der Waals surface area (Å²) in [5, 5.41) is 0. The van der Waals surface area contributed by atoms with Crippen LogP contribution >= 0.6 is 11.3 Å². The summed E-state index contributed by atoms with van der Waals surface area (Å²) in [6.45, 7) is 13.2. The number of ether oxygens (including phenoxy) is 2. The fourth-order valence-electron chi connectivity index (χ4n) is 4.68. The Morgan fingerprint density at radius 3 is 2.44 bits per heavy atom. The number of hydrogen-bond acceptors (Lipinski definition) is 5. The zero-order valence-electron chi connectivity index (χ0n) is 24.4. The topological polar surface area (TPSA) is 73.1 Å². The molecule has 41 heavy (non-hydrogen) atoms. The second-order valence-corrected chi connectivity index (χ2v) is 13.5. The molecule has 11 heteroatoms. The summed E-state index contributed by atoms with van der Waals surface area (Å²) in [4.78, 5) is 33.5. The monoisotopic (exact) mass is 593 g/mol. The highest BCUT2D eigenvalue weighted by atomic mass is 32.1. The van der Waals surface area contributed by atoms with Crippen LogP contribution in [0, 0.1) is 0 Å². The molecule has 2 amide bonds. The van der Waals surface area contributed by atoms with Crippen LogP contribution in [0.5, 0.6) is 0 Å². The number of amides is 2. The van der Waals surface area contributed by atoms with Crippen LogP contribution in [-0.2, 0) is 27.6 Å². The van der Waals surface area contributed by atoms with E-state index >= 15 is 0 Å². The summed E-state index contributed by atoms with van der Waals surface area (Å²) in [5.41, 5.74) is -0.815. The lowest BCUT2D eigenvalue weighted by molar-refractivity contribution is -0.137. The lowest BCUT2D eigenvalue weighted by Crippen LogP contribution is -2.39. The first-order chi connectivity index (χ1) is 19.0. The fourth-order valence-corrected chi connectivity index (χ4v) is 5.74. The molecule has 4 rings (SSSR count). The minimum atomic E-state index is -4.62. The van der Waals surface area contributed by atoms with E-state index in [0.29, 0.717) is 42.1 Å². The third kappa shape index (κ3) is 7.88. The van der Waals surface area contributed by atoms with Crippen LogP contribution in [0.2, 0.25) is 0 Å². The van der Waals surface area contributed by atoms with E-state index in [2.05, 4.69) is 25.8 Å². The lowest BCUT2D eigenvalue weighted by Gasteiger charge is -2.30. The van der Waals surface area contributed by atoms with Crippen molar-refractivity contribution in [1.29, 1.82) is 0 Å². The van der Waals surface area contributed by atoms with Crippen molar-refractivity contribution < 1.29 is 32.2 Å². The average molecular weight is 594 g/mol. The molecule has 1 aromatic heterocycles. The lowest BCUT2D eigenvalue weighted by atomic mass is 9.93. The molecular formula is C30H38F3N3O4S. The molecule has 1 aromatic carbocycles. The number of alkyl halides is 3. The second kappa shape index (κ2) is 11.8. The van der Waals surface area contributed by atoms with Gasteiger partial charge < -0.3 is 18.9 Å². The molecular weight excluding hydrogens is 555 g/mol. The van der Waals surface area contributed by atoms with Gasteiger partial charge in [0.05, 0.1) is 18.2 Å².